The number of hydrogen-bond donors (Lipinski definition) is 0. The molecule has 0 amide bonds. The average Bonchev–Trinajstić information content (AvgIpc) is 3.55. The number of benzene rings is 10. The van der Waals surface area contributed by atoms with Crippen molar-refractivity contribution >= 4 is 55.7 Å². The van der Waals surface area contributed by atoms with Crippen LogP contribution in [0.15, 0.2) is 231 Å². The zero-order valence-corrected chi connectivity index (χ0v) is 34.3. The number of fused-ring (bicyclic) bond motifs is 5. The third kappa shape index (κ3) is 6.36. The molecule has 10 aromatic rings. The summed E-state index contributed by atoms with van der Waals surface area (Å²) in [4.78, 5) is 4.85. The van der Waals surface area contributed by atoms with E-state index in [1.807, 2.05) is 0 Å². The molecule has 0 bridgehead atoms. The van der Waals surface area contributed by atoms with Crippen LogP contribution in [-0.2, 0) is 5.41 Å². The lowest BCUT2D eigenvalue weighted by molar-refractivity contribution is 0.660. The van der Waals surface area contributed by atoms with Gasteiger partial charge < -0.3 is 9.80 Å². The smallest absolute Gasteiger partial charge is 0.0540 e. The Labute approximate surface area is 358 Å². The first-order chi connectivity index (χ1) is 30.0. The second-order valence-electron chi connectivity index (χ2n) is 16.6. The van der Waals surface area contributed by atoms with E-state index in [-0.39, 0.29) is 5.41 Å². The van der Waals surface area contributed by atoms with Crippen molar-refractivity contribution in [1.82, 2.24) is 0 Å². The zero-order valence-electron chi connectivity index (χ0n) is 34.3. The molecule has 0 saturated heterocycles. The van der Waals surface area contributed by atoms with Gasteiger partial charge in [0.15, 0.2) is 0 Å². The lowest BCUT2D eigenvalue weighted by Gasteiger charge is -2.30. The Balaban J connectivity index is 1.01. The summed E-state index contributed by atoms with van der Waals surface area (Å²) in [6.07, 6.45) is 0. The first-order valence-corrected chi connectivity index (χ1v) is 21.2. The van der Waals surface area contributed by atoms with E-state index < -0.39 is 0 Å². The molecule has 0 spiro atoms. The first kappa shape index (κ1) is 36.4. The van der Waals surface area contributed by atoms with Gasteiger partial charge in [0, 0.05) is 38.9 Å². The summed E-state index contributed by atoms with van der Waals surface area (Å²) in [5.74, 6) is 0. The van der Waals surface area contributed by atoms with Crippen molar-refractivity contribution in [3.63, 3.8) is 0 Å². The van der Waals surface area contributed by atoms with Crippen LogP contribution in [-0.4, -0.2) is 0 Å². The van der Waals surface area contributed by atoms with Gasteiger partial charge in [-0.05, 0) is 122 Å². The third-order valence-corrected chi connectivity index (χ3v) is 12.6. The lowest BCUT2D eigenvalue weighted by Crippen LogP contribution is -2.18. The molecule has 11 rings (SSSR count). The van der Waals surface area contributed by atoms with Crippen molar-refractivity contribution in [2.45, 2.75) is 19.3 Å². The summed E-state index contributed by atoms with van der Waals surface area (Å²) >= 11 is 0. The van der Waals surface area contributed by atoms with Crippen LogP contribution in [0.3, 0.4) is 0 Å². The minimum atomic E-state index is -0.254. The Morgan fingerprint density at radius 2 is 0.689 bits per heavy atom. The van der Waals surface area contributed by atoms with Crippen LogP contribution in [0, 0.1) is 0 Å². The molecule has 2 heteroatoms. The van der Waals surface area contributed by atoms with Crippen molar-refractivity contribution in [2.24, 2.45) is 0 Å². The normalized spacial score (nSPS) is 12.6. The van der Waals surface area contributed by atoms with Crippen LogP contribution in [0.2, 0.25) is 0 Å². The molecule has 0 aliphatic heterocycles. The Bertz CT molecular complexity index is 3210. The molecule has 0 saturated carbocycles. The van der Waals surface area contributed by atoms with Crippen molar-refractivity contribution < 1.29 is 0 Å². The molecule has 0 N–H and O–H groups in total. The molecule has 1 aliphatic carbocycles. The van der Waals surface area contributed by atoms with Gasteiger partial charge in [-0.1, -0.05) is 178 Å². The van der Waals surface area contributed by atoms with Gasteiger partial charge in [-0.15, -0.1) is 0 Å². The molecular weight excluding hydrogens is 737 g/mol. The molecule has 1 aliphatic rings. The van der Waals surface area contributed by atoms with Crippen LogP contribution >= 0.6 is 0 Å². The summed E-state index contributed by atoms with van der Waals surface area (Å²) in [5.41, 5.74) is 16.7. The topological polar surface area (TPSA) is 6.48 Å². The maximum Gasteiger partial charge on any atom is 0.0540 e. The molecule has 0 atom stereocenters. The molecule has 0 fully saturated rings. The first-order valence-electron chi connectivity index (χ1n) is 21.2. The second kappa shape index (κ2) is 14.9. The van der Waals surface area contributed by atoms with Gasteiger partial charge in [-0.2, -0.15) is 0 Å². The van der Waals surface area contributed by atoms with Gasteiger partial charge >= 0.3 is 0 Å². The highest BCUT2D eigenvalue weighted by molar-refractivity contribution is 6.01. The molecule has 61 heavy (non-hydrogen) atoms. The van der Waals surface area contributed by atoms with Crippen LogP contribution < -0.4 is 9.80 Å². The maximum absolute atomic E-state index is 2.44. The molecule has 10 aromatic carbocycles. The van der Waals surface area contributed by atoms with E-state index in [1.165, 1.54) is 71.7 Å². The van der Waals surface area contributed by atoms with Crippen molar-refractivity contribution in [1.29, 1.82) is 0 Å². The van der Waals surface area contributed by atoms with Crippen molar-refractivity contribution in [3.05, 3.63) is 242 Å². The zero-order chi connectivity index (χ0) is 40.9. The molecular formula is C59H44N2. The minimum Gasteiger partial charge on any atom is -0.310 e. The van der Waals surface area contributed by atoms with Gasteiger partial charge in [-0.3, -0.25) is 0 Å². The van der Waals surface area contributed by atoms with E-state index in [4.69, 9.17) is 0 Å². The Morgan fingerprint density at radius 3 is 1.23 bits per heavy atom. The third-order valence-electron chi connectivity index (χ3n) is 12.6. The van der Waals surface area contributed by atoms with E-state index in [9.17, 15) is 0 Å². The van der Waals surface area contributed by atoms with Crippen LogP contribution in [0.25, 0.3) is 54.9 Å². The van der Waals surface area contributed by atoms with Gasteiger partial charge in [0.05, 0.1) is 11.4 Å². The SMILES string of the molecule is CC1(C)c2cc(N(c3ccccc3)c3cccc4ccccc34)ccc2-c2ccc(N(c3ccc(-c4cccc(-c5ccccc5)c4)cc3)c3cccc4ccccc34)cc21. The summed E-state index contributed by atoms with van der Waals surface area (Å²) < 4.78 is 0. The number of hydrogen-bond acceptors (Lipinski definition) is 2. The van der Waals surface area contributed by atoms with Crippen LogP contribution in [0.4, 0.5) is 34.1 Å². The predicted molar refractivity (Wildman–Crippen MR) is 259 cm³/mol. The van der Waals surface area contributed by atoms with Gasteiger partial charge in [0.1, 0.15) is 0 Å². The monoisotopic (exact) mass is 780 g/mol. The minimum absolute atomic E-state index is 0.254. The van der Waals surface area contributed by atoms with Crippen LogP contribution in [0.5, 0.6) is 0 Å². The highest BCUT2D eigenvalue weighted by atomic mass is 15.1. The predicted octanol–water partition coefficient (Wildman–Crippen LogP) is 16.6. The highest BCUT2D eigenvalue weighted by Gasteiger charge is 2.37. The van der Waals surface area contributed by atoms with Gasteiger partial charge in [0.25, 0.3) is 0 Å². The Morgan fingerprint density at radius 1 is 0.295 bits per heavy atom. The Kier molecular flexibility index (Phi) is 8.86. The van der Waals surface area contributed by atoms with E-state index in [2.05, 4.69) is 254 Å². The van der Waals surface area contributed by atoms with Crippen molar-refractivity contribution in [3.8, 4) is 33.4 Å². The van der Waals surface area contributed by atoms with Crippen LogP contribution in [0.1, 0.15) is 25.0 Å². The fraction of sp³-hybridized carbons (Fsp3) is 0.0508. The summed E-state index contributed by atoms with van der Waals surface area (Å²) in [6, 6.07) is 84.1. The van der Waals surface area contributed by atoms with Crippen molar-refractivity contribution in [2.75, 3.05) is 9.80 Å². The molecule has 2 nitrogen and oxygen atoms in total. The summed E-state index contributed by atoms with van der Waals surface area (Å²) in [5, 5.41) is 4.88. The van der Waals surface area contributed by atoms with E-state index in [0.29, 0.717) is 0 Å². The Hall–Kier alpha value is -7.68. The fourth-order valence-corrected chi connectivity index (χ4v) is 9.54. The molecule has 0 unspecified atom stereocenters. The van der Waals surface area contributed by atoms with E-state index in [1.54, 1.807) is 0 Å². The number of nitrogens with zero attached hydrogens (tertiary/aromatic N) is 2. The molecule has 0 heterocycles. The largest absolute Gasteiger partial charge is 0.310 e. The number of para-hydroxylation sites is 1. The van der Waals surface area contributed by atoms with Gasteiger partial charge in [0.2, 0.25) is 0 Å². The standard InChI is InChI=1S/C59H44N2/c1-59(2)55-39-49(60(47-24-7-4-8-25-47)57-28-14-20-43-18-9-11-26-51(43)57)34-36-53(55)54-37-35-50(40-56(54)59)61(58-29-15-21-44-19-10-12-27-52(44)58)48-32-30-42(31-33-48)46-23-13-22-45(38-46)41-16-5-3-6-17-41/h3-40H,1-2H3. The lowest BCUT2D eigenvalue weighted by atomic mass is 9.82. The van der Waals surface area contributed by atoms with E-state index in [0.717, 1.165) is 28.4 Å². The number of rotatable bonds is 8. The second-order valence-corrected chi connectivity index (χ2v) is 16.6. The maximum atomic E-state index is 2.44. The summed E-state index contributed by atoms with van der Waals surface area (Å²) in [7, 11) is 0. The quantitative estimate of drug-likeness (QED) is 0.152. The average molecular weight is 781 g/mol. The molecule has 0 radical (unpaired) electrons. The molecule has 0 aromatic heterocycles. The fourth-order valence-electron chi connectivity index (χ4n) is 9.54. The highest BCUT2D eigenvalue weighted by Crippen LogP contribution is 2.53. The number of anilines is 6. The molecule has 290 valence electrons. The van der Waals surface area contributed by atoms with Gasteiger partial charge in [-0.25, -0.2) is 0 Å². The van der Waals surface area contributed by atoms with E-state index >= 15 is 0 Å². The summed E-state index contributed by atoms with van der Waals surface area (Å²) in [6.45, 7) is 4.77.